The number of carbonyl (C=O) groups excluding carboxylic acids is 1. The van der Waals surface area contributed by atoms with E-state index in [4.69, 9.17) is 0 Å². The van der Waals surface area contributed by atoms with Gasteiger partial charge >= 0.3 is 0 Å². The third kappa shape index (κ3) is 7.21. The van der Waals surface area contributed by atoms with Gasteiger partial charge in [0.15, 0.2) is 0 Å². The minimum atomic E-state index is -3.47. The SMILES string of the molecule is CC(C)c1ccc(CNCc2cc(NS(C)(=O)=O)cc(C(=O)Nc3ccccc3)c2)cc1. The Bertz CT molecular complexity index is 1160. The summed E-state index contributed by atoms with van der Waals surface area (Å²) in [7, 11) is -3.47. The van der Waals surface area contributed by atoms with Crippen LogP contribution in [0.3, 0.4) is 0 Å². The Morgan fingerprint density at radius 1 is 0.844 bits per heavy atom. The van der Waals surface area contributed by atoms with Crippen LogP contribution in [-0.2, 0) is 23.1 Å². The van der Waals surface area contributed by atoms with E-state index in [1.165, 1.54) is 11.6 Å². The maximum absolute atomic E-state index is 12.8. The third-order valence-corrected chi connectivity index (χ3v) is 5.50. The molecule has 3 N–H and O–H groups in total. The van der Waals surface area contributed by atoms with Gasteiger partial charge in [-0.15, -0.1) is 0 Å². The van der Waals surface area contributed by atoms with Crippen molar-refractivity contribution in [1.82, 2.24) is 5.32 Å². The lowest BCUT2D eigenvalue weighted by Gasteiger charge is -2.12. The monoisotopic (exact) mass is 451 g/mol. The molecule has 0 aliphatic carbocycles. The molecule has 32 heavy (non-hydrogen) atoms. The molecule has 0 aliphatic heterocycles. The lowest BCUT2D eigenvalue weighted by Crippen LogP contribution is -2.17. The fourth-order valence-corrected chi connectivity index (χ4v) is 3.84. The van der Waals surface area contributed by atoms with Crippen LogP contribution in [0.1, 0.15) is 46.8 Å². The number of rotatable bonds is 9. The number of nitrogens with one attached hydrogen (secondary N) is 3. The lowest BCUT2D eigenvalue weighted by molar-refractivity contribution is 0.102. The highest BCUT2D eigenvalue weighted by Gasteiger charge is 2.12. The van der Waals surface area contributed by atoms with E-state index >= 15 is 0 Å². The van der Waals surface area contributed by atoms with Gasteiger partial charge in [-0.3, -0.25) is 9.52 Å². The van der Waals surface area contributed by atoms with E-state index in [0.29, 0.717) is 35.9 Å². The number of hydrogen-bond donors (Lipinski definition) is 3. The number of sulfonamides is 1. The first-order chi connectivity index (χ1) is 15.2. The van der Waals surface area contributed by atoms with E-state index < -0.39 is 10.0 Å². The van der Waals surface area contributed by atoms with Crippen molar-refractivity contribution in [2.45, 2.75) is 32.9 Å². The Balaban J connectivity index is 1.74. The van der Waals surface area contributed by atoms with Crippen LogP contribution in [0.2, 0.25) is 0 Å². The highest BCUT2D eigenvalue weighted by molar-refractivity contribution is 7.92. The van der Waals surface area contributed by atoms with Gasteiger partial charge < -0.3 is 10.6 Å². The highest BCUT2D eigenvalue weighted by atomic mass is 32.2. The molecule has 0 aromatic heterocycles. The fourth-order valence-electron chi connectivity index (χ4n) is 3.29. The molecule has 0 spiro atoms. The summed E-state index contributed by atoms with van der Waals surface area (Å²) in [5.41, 5.74) is 4.65. The summed E-state index contributed by atoms with van der Waals surface area (Å²) in [6, 6.07) is 22.6. The van der Waals surface area contributed by atoms with Crippen LogP contribution in [0, 0.1) is 0 Å². The smallest absolute Gasteiger partial charge is 0.255 e. The second kappa shape index (κ2) is 10.4. The number of anilines is 2. The predicted octanol–water partition coefficient (Wildman–Crippen LogP) is 4.72. The van der Waals surface area contributed by atoms with E-state index in [2.05, 4.69) is 53.5 Å². The van der Waals surface area contributed by atoms with E-state index in [9.17, 15) is 13.2 Å². The average molecular weight is 452 g/mol. The van der Waals surface area contributed by atoms with Gasteiger partial charge in [-0.05, 0) is 52.9 Å². The fraction of sp³-hybridized carbons (Fsp3) is 0.240. The van der Waals surface area contributed by atoms with Crippen LogP contribution in [0.15, 0.2) is 72.8 Å². The molecule has 0 unspecified atom stereocenters. The van der Waals surface area contributed by atoms with E-state index in [0.717, 1.165) is 17.4 Å². The van der Waals surface area contributed by atoms with Crippen molar-refractivity contribution in [2.75, 3.05) is 16.3 Å². The van der Waals surface area contributed by atoms with Gasteiger partial charge in [-0.25, -0.2) is 8.42 Å². The number of para-hydroxylation sites is 1. The zero-order chi connectivity index (χ0) is 23.1. The molecule has 6 nitrogen and oxygen atoms in total. The summed E-state index contributed by atoms with van der Waals surface area (Å²) >= 11 is 0. The first-order valence-electron chi connectivity index (χ1n) is 10.5. The average Bonchev–Trinajstić information content (AvgIpc) is 2.73. The molecule has 1 amide bonds. The van der Waals surface area contributed by atoms with Gasteiger partial charge in [-0.1, -0.05) is 56.3 Å². The molecule has 7 heteroatoms. The maximum Gasteiger partial charge on any atom is 0.255 e. The van der Waals surface area contributed by atoms with Crippen LogP contribution in [0.25, 0.3) is 0 Å². The normalized spacial score (nSPS) is 11.4. The molecule has 3 aromatic carbocycles. The molecule has 0 bridgehead atoms. The van der Waals surface area contributed by atoms with Crippen LogP contribution < -0.4 is 15.4 Å². The molecule has 3 aromatic rings. The first kappa shape index (κ1) is 23.5. The Morgan fingerprint density at radius 2 is 1.50 bits per heavy atom. The van der Waals surface area contributed by atoms with Gasteiger partial charge in [0.2, 0.25) is 10.0 Å². The Labute approximate surface area is 190 Å². The van der Waals surface area contributed by atoms with Gasteiger partial charge in [0.25, 0.3) is 5.91 Å². The molecule has 0 aliphatic rings. The van der Waals surface area contributed by atoms with Crippen molar-refractivity contribution in [3.05, 3.63) is 95.1 Å². The van der Waals surface area contributed by atoms with Crippen molar-refractivity contribution in [1.29, 1.82) is 0 Å². The minimum Gasteiger partial charge on any atom is -0.322 e. The van der Waals surface area contributed by atoms with Crippen molar-refractivity contribution in [2.24, 2.45) is 0 Å². The molecular formula is C25H29N3O3S. The standard InChI is InChI=1S/C25H29N3O3S/c1-18(2)21-11-9-19(10-12-21)16-26-17-20-13-22(15-24(14-20)28-32(3,30)31)25(29)27-23-7-5-4-6-8-23/h4-15,18,26,28H,16-17H2,1-3H3,(H,27,29). The summed E-state index contributed by atoms with van der Waals surface area (Å²) in [5, 5.41) is 6.20. The summed E-state index contributed by atoms with van der Waals surface area (Å²) < 4.78 is 25.9. The minimum absolute atomic E-state index is 0.307. The van der Waals surface area contributed by atoms with Crippen molar-refractivity contribution in [3.8, 4) is 0 Å². The van der Waals surface area contributed by atoms with E-state index in [1.807, 2.05) is 18.2 Å². The number of carbonyl (C=O) groups is 1. The molecule has 0 heterocycles. The largest absolute Gasteiger partial charge is 0.322 e. The second-order valence-corrected chi connectivity index (χ2v) is 9.86. The Kier molecular flexibility index (Phi) is 7.66. The topological polar surface area (TPSA) is 87.3 Å². The van der Waals surface area contributed by atoms with E-state index in [1.54, 1.807) is 24.3 Å². The van der Waals surface area contributed by atoms with Crippen LogP contribution in [0.4, 0.5) is 11.4 Å². The van der Waals surface area contributed by atoms with Crippen LogP contribution >= 0.6 is 0 Å². The third-order valence-electron chi connectivity index (χ3n) is 4.89. The Hall–Kier alpha value is -3.16. The van der Waals surface area contributed by atoms with Crippen LogP contribution in [0.5, 0.6) is 0 Å². The Morgan fingerprint density at radius 3 is 2.12 bits per heavy atom. The lowest BCUT2D eigenvalue weighted by atomic mass is 10.0. The molecule has 0 radical (unpaired) electrons. The zero-order valence-electron chi connectivity index (χ0n) is 18.6. The number of amides is 1. The maximum atomic E-state index is 12.8. The predicted molar refractivity (Wildman–Crippen MR) is 130 cm³/mol. The van der Waals surface area contributed by atoms with Gasteiger partial charge in [0, 0.05) is 30.0 Å². The molecule has 3 rings (SSSR count). The summed E-state index contributed by atoms with van der Waals surface area (Å²) in [4.78, 5) is 12.8. The van der Waals surface area contributed by atoms with E-state index in [-0.39, 0.29) is 5.91 Å². The zero-order valence-corrected chi connectivity index (χ0v) is 19.4. The second-order valence-electron chi connectivity index (χ2n) is 8.11. The summed E-state index contributed by atoms with van der Waals surface area (Å²) in [5.74, 6) is 0.182. The quantitative estimate of drug-likeness (QED) is 0.439. The van der Waals surface area contributed by atoms with Gasteiger partial charge in [0.1, 0.15) is 0 Å². The highest BCUT2D eigenvalue weighted by Crippen LogP contribution is 2.19. The van der Waals surface area contributed by atoms with Crippen molar-refractivity contribution >= 4 is 27.3 Å². The molecule has 168 valence electrons. The number of benzene rings is 3. The van der Waals surface area contributed by atoms with Gasteiger partial charge in [-0.2, -0.15) is 0 Å². The molecule has 0 atom stereocenters. The summed E-state index contributed by atoms with van der Waals surface area (Å²) in [6.07, 6.45) is 1.09. The van der Waals surface area contributed by atoms with Crippen LogP contribution in [-0.4, -0.2) is 20.6 Å². The molecule has 0 saturated heterocycles. The first-order valence-corrected chi connectivity index (χ1v) is 12.4. The van der Waals surface area contributed by atoms with Gasteiger partial charge in [0.05, 0.1) is 6.26 Å². The molecule has 0 fully saturated rings. The number of hydrogen-bond acceptors (Lipinski definition) is 4. The van der Waals surface area contributed by atoms with Crippen molar-refractivity contribution in [3.63, 3.8) is 0 Å². The summed E-state index contributed by atoms with van der Waals surface area (Å²) in [6.45, 7) is 5.47. The van der Waals surface area contributed by atoms with Crippen molar-refractivity contribution < 1.29 is 13.2 Å². The molecular weight excluding hydrogens is 422 g/mol. The molecule has 0 saturated carbocycles.